The fourth-order valence-electron chi connectivity index (χ4n) is 4.12. The molecule has 1 aromatic heterocycles. The van der Waals surface area contributed by atoms with E-state index in [0.717, 1.165) is 22.5 Å². The fourth-order valence-corrected chi connectivity index (χ4v) is 4.12. The van der Waals surface area contributed by atoms with Gasteiger partial charge < -0.3 is 9.47 Å². The average molecular weight is 586 g/mol. The van der Waals surface area contributed by atoms with Crippen LogP contribution in [0.1, 0.15) is 29.9 Å². The first-order chi connectivity index (χ1) is 15.3. The van der Waals surface area contributed by atoms with Gasteiger partial charge in [-0.05, 0) is 47.0 Å². The number of rotatable bonds is 3. The molecule has 3 heteroatoms. The molecular weight excluding hydrogens is 557 g/mol. The number of para-hydroxylation sites is 2. The Labute approximate surface area is 201 Å². The first-order valence-electron chi connectivity index (χ1n) is 11.4. The number of anilines is 1. The van der Waals surface area contributed by atoms with Gasteiger partial charge in [0.05, 0.1) is 0 Å². The van der Waals surface area contributed by atoms with Gasteiger partial charge in [-0.15, -0.1) is 11.5 Å². The number of hydrogen-bond donors (Lipinski definition) is 0. The van der Waals surface area contributed by atoms with Crippen molar-refractivity contribution in [1.29, 1.82) is 0 Å². The van der Waals surface area contributed by atoms with Crippen LogP contribution in [0.5, 0.6) is 0 Å². The second-order valence-electron chi connectivity index (χ2n) is 8.81. The number of aromatic nitrogens is 1. The predicted octanol–water partition coefficient (Wildman–Crippen LogP) is 7.28. The summed E-state index contributed by atoms with van der Waals surface area (Å²) in [6, 6.07) is 26.6. The zero-order valence-electron chi connectivity index (χ0n) is 20.0. The quantitative estimate of drug-likeness (QED) is 0.230. The van der Waals surface area contributed by atoms with Gasteiger partial charge in [0.1, 0.15) is 0 Å². The van der Waals surface area contributed by atoms with Crippen molar-refractivity contribution < 1.29 is 22.8 Å². The van der Waals surface area contributed by atoms with Crippen LogP contribution in [0.2, 0.25) is 0 Å². The number of hydrogen-bond acceptors (Lipinski definition) is 1. The van der Waals surface area contributed by atoms with Crippen molar-refractivity contribution in [1.82, 2.24) is 4.57 Å². The Morgan fingerprint density at radius 3 is 2.42 bits per heavy atom. The summed E-state index contributed by atoms with van der Waals surface area (Å²) in [5.74, 6) is 0. The smallest absolute Gasteiger partial charge is 0.0438 e. The van der Waals surface area contributed by atoms with E-state index in [4.69, 9.17) is 2.74 Å². The van der Waals surface area contributed by atoms with Gasteiger partial charge >= 0.3 is 0 Å². The molecule has 0 N–H and O–H groups in total. The van der Waals surface area contributed by atoms with E-state index >= 15 is 0 Å². The van der Waals surface area contributed by atoms with E-state index in [1.807, 2.05) is 45.2 Å². The minimum absolute atomic E-state index is 0. The van der Waals surface area contributed by atoms with Gasteiger partial charge in [0.25, 0.3) is 0 Å². The molecule has 0 aliphatic carbocycles. The van der Waals surface area contributed by atoms with E-state index in [-0.39, 0.29) is 20.1 Å². The molecule has 1 radical (unpaired) electrons. The van der Waals surface area contributed by atoms with Crippen LogP contribution in [0, 0.1) is 11.5 Å². The van der Waals surface area contributed by atoms with Crippen molar-refractivity contribution in [3.63, 3.8) is 0 Å². The van der Waals surface area contributed by atoms with E-state index in [0.29, 0.717) is 6.54 Å². The van der Waals surface area contributed by atoms with Crippen molar-refractivity contribution in [2.75, 3.05) is 11.4 Å². The summed E-state index contributed by atoms with van der Waals surface area (Å²) < 4.78 is 19.4. The van der Waals surface area contributed by atoms with Gasteiger partial charge in [0.15, 0.2) is 0 Å². The Morgan fingerprint density at radius 2 is 1.71 bits per heavy atom. The Balaban J connectivity index is 0.00000259. The van der Waals surface area contributed by atoms with E-state index in [1.165, 1.54) is 16.3 Å². The molecule has 1 aliphatic rings. The molecule has 4 aromatic rings. The topological polar surface area (TPSA) is 8.17 Å². The Kier molecular flexibility index (Phi) is 5.23. The number of fused-ring (bicyclic) bond motifs is 3. The molecule has 31 heavy (non-hydrogen) atoms. The molecule has 159 valence electrons. The summed E-state index contributed by atoms with van der Waals surface area (Å²) in [6.45, 7) is 6.45. The number of nitrogens with zero attached hydrogens (tertiary/aromatic N) is 2. The molecule has 2 nitrogen and oxygen atoms in total. The van der Waals surface area contributed by atoms with Crippen molar-refractivity contribution in [3.8, 4) is 5.69 Å². The van der Waals surface area contributed by atoms with Gasteiger partial charge in [-0.1, -0.05) is 74.4 Å². The predicted molar refractivity (Wildman–Crippen MR) is 128 cm³/mol. The maximum Gasteiger partial charge on any atom is 0.0438 e. The maximum atomic E-state index is 8.55. The summed E-state index contributed by atoms with van der Waals surface area (Å²) in [4.78, 5) is 2.12. The molecule has 0 fully saturated rings. The molecule has 5 rings (SSSR count). The van der Waals surface area contributed by atoms with Crippen LogP contribution in [-0.4, -0.2) is 11.1 Å². The van der Waals surface area contributed by atoms with Gasteiger partial charge in [-0.25, -0.2) is 0 Å². The summed E-state index contributed by atoms with van der Waals surface area (Å²) in [5, 5.41) is 2.39. The molecule has 0 atom stereocenters. The summed E-state index contributed by atoms with van der Waals surface area (Å²) >= 11 is 0. The van der Waals surface area contributed by atoms with Gasteiger partial charge in [-0.3, -0.25) is 0 Å². The number of allylic oxidation sites excluding steroid dienone is 2. The molecule has 0 saturated heterocycles. The largest absolute Gasteiger partial charge is 0.367 e. The van der Waals surface area contributed by atoms with Crippen LogP contribution >= 0.6 is 0 Å². The van der Waals surface area contributed by atoms with Crippen LogP contribution in [-0.2, 0) is 20.1 Å². The van der Waals surface area contributed by atoms with Crippen molar-refractivity contribution >= 4 is 27.5 Å². The van der Waals surface area contributed by atoms with Crippen LogP contribution in [0.25, 0.3) is 27.5 Å². The third-order valence-electron chi connectivity index (χ3n) is 5.37. The second-order valence-corrected chi connectivity index (χ2v) is 8.81. The van der Waals surface area contributed by atoms with E-state index < -0.39 is 11.8 Å². The molecule has 2 heterocycles. The van der Waals surface area contributed by atoms with Crippen LogP contribution in [0.4, 0.5) is 5.69 Å². The third kappa shape index (κ3) is 4.26. The monoisotopic (exact) mass is 586 g/mol. The van der Waals surface area contributed by atoms with Crippen LogP contribution in [0.3, 0.4) is 0 Å². The van der Waals surface area contributed by atoms with Crippen molar-refractivity contribution in [3.05, 3.63) is 96.7 Å². The summed E-state index contributed by atoms with van der Waals surface area (Å²) in [7, 11) is 0. The zero-order chi connectivity index (χ0) is 22.5. The van der Waals surface area contributed by atoms with E-state index in [9.17, 15) is 0 Å². The molecule has 0 saturated carbocycles. The Bertz CT molecular complexity index is 1360. The molecule has 1 aliphatic heterocycles. The van der Waals surface area contributed by atoms with Gasteiger partial charge in [0.2, 0.25) is 0 Å². The molecule has 0 bridgehead atoms. The van der Waals surface area contributed by atoms with E-state index in [2.05, 4.69) is 76.2 Å². The average Bonchev–Trinajstić information content (AvgIpc) is 3.12. The minimum Gasteiger partial charge on any atom is -0.367 e. The zero-order valence-corrected chi connectivity index (χ0v) is 20.4. The normalized spacial score (nSPS) is 15.5. The Morgan fingerprint density at radius 1 is 0.968 bits per heavy atom. The van der Waals surface area contributed by atoms with Crippen molar-refractivity contribution in [2.24, 2.45) is 5.41 Å². The molecule has 0 unspecified atom stereocenters. The SMILES string of the molecule is [2H]C([2H])(C1=CCN(c2[c-]cc3c4ccccc4n(-c4ccccc4)c3c2)C=C1)C(C)(C)C.[Ir]. The van der Waals surface area contributed by atoms with Crippen LogP contribution < -0.4 is 4.90 Å². The van der Waals surface area contributed by atoms with Gasteiger partial charge in [-0.2, -0.15) is 12.1 Å². The maximum absolute atomic E-state index is 8.55. The molecule has 0 amide bonds. The molecular formula is C28H27IrN2-. The van der Waals surface area contributed by atoms with Crippen molar-refractivity contribution in [2.45, 2.75) is 27.1 Å². The first-order valence-corrected chi connectivity index (χ1v) is 10.4. The first kappa shape index (κ1) is 19.1. The number of benzene rings is 3. The third-order valence-corrected chi connectivity index (χ3v) is 5.37. The fraction of sp³-hybridized carbons (Fsp3) is 0.214. The summed E-state index contributed by atoms with van der Waals surface area (Å²) in [5.41, 5.74) is 4.69. The minimum atomic E-state index is -1.39. The Hall–Kier alpha value is -2.61. The second kappa shape index (κ2) is 8.49. The van der Waals surface area contributed by atoms with Crippen LogP contribution in [0.15, 0.2) is 90.7 Å². The van der Waals surface area contributed by atoms with E-state index in [1.54, 1.807) is 0 Å². The molecule has 3 aromatic carbocycles. The van der Waals surface area contributed by atoms with Gasteiger partial charge in [0, 0.05) is 46.8 Å². The molecule has 0 spiro atoms. The standard InChI is InChI=1S/C28H27N2.Ir/c1-28(2,3)20-21-15-17-29(18-16-21)23-13-14-25-24-11-7-8-12-26(24)30(27(25)19-23)22-9-5-4-6-10-22;/h4-12,14-17,19H,18,20H2,1-3H3;/q-1;/i20D2;. The summed E-state index contributed by atoms with van der Waals surface area (Å²) in [6.07, 6.45) is 4.49.